The summed E-state index contributed by atoms with van der Waals surface area (Å²) in [6.07, 6.45) is 14.6. The minimum Gasteiger partial charge on any atom is -1.00 e. The predicted molar refractivity (Wildman–Crippen MR) is 59.0 cm³/mol. The van der Waals surface area contributed by atoms with Crippen LogP contribution in [-0.4, -0.2) is 4.57 Å². The summed E-state index contributed by atoms with van der Waals surface area (Å²) in [5.74, 6) is 0. The molecule has 0 saturated carbocycles. The third kappa shape index (κ3) is 16.8. The maximum Gasteiger partial charge on any atom is 3.00 e. The number of nitrogens with zero attached hydrogens (tertiary/aromatic N) is 2. The Labute approximate surface area is 153 Å². The zero-order chi connectivity index (χ0) is 10.2. The molecular formula is C12H23Cl4FeN2. The van der Waals surface area contributed by atoms with E-state index in [4.69, 9.17) is 0 Å². The van der Waals surface area contributed by atoms with Gasteiger partial charge in [-0.15, -0.1) is 0 Å². The van der Waals surface area contributed by atoms with E-state index in [1.807, 2.05) is 0 Å². The Balaban J connectivity index is -0.000000131. The number of unbranched alkanes of at least 4 members (excludes halogenated alkanes) is 5. The van der Waals surface area contributed by atoms with Crippen molar-refractivity contribution in [2.24, 2.45) is 7.05 Å². The summed E-state index contributed by atoms with van der Waals surface area (Å²) in [5.41, 5.74) is 0. The van der Waals surface area contributed by atoms with E-state index in [0.717, 1.165) is 0 Å². The summed E-state index contributed by atoms with van der Waals surface area (Å²) in [6.45, 7) is 3.44. The van der Waals surface area contributed by atoms with E-state index in [-0.39, 0.29) is 66.7 Å². The summed E-state index contributed by atoms with van der Waals surface area (Å²) in [4.78, 5) is 0. The summed E-state index contributed by atoms with van der Waals surface area (Å²) < 4.78 is 4.36. The molecule has 1 heterocycles. The summed E-state index contributed by atoms with van der Waals surface area (Å²) >= 11 is 0. The molecule has 0 aliphatic heterocycles. The Morgan fingerprint density at radius 3 is 1.89 bits per heavy atom. The van der Waals surface area contributed by atoms with Crippen LogP contribution < -0.4 is 54.2 Å². The second kappa shape index (κ2) is 21.2. The predicted octanol–water partition coefficient (Wildman–Crippen LogP) is -9.31. The number of hydrogen-bond acceptors (Lipinski definition) is 0. The first-order chi connectivity index (χ1) is 6.83. The van der Waals surface area contributed by atoms with Crippen LogP contribution in [0, 0.1) is 0 Å². The average Bonchev–Trinajstić information content (AvgIpc) is 2.58. The summed E-state index contributed by atoms with van der Waals surface area (Å²) in [7, 11) is 2.07. The number of imidazole rings is 1. The first-order valence-electron chi connectivity index (χ1n) is 5.84. The fourth-order valence-corrected chi connectivity index (χ4v) is 1.71. The van der Waals surface area contributed by atoms with Gasteiger partial charge in [-0.2, -0.15) is 0 Å². The minimum absolute atomic E-state index is 0. The van der Waals surface area contributed by atoms with E-state index in [0.29, 0.717) is 0 Å². The molecule has 0 aromatic carbocycles. The molecule has 0 bridgehead atoms. The largest absolute Gasteiger partial charge is 3.00 e. The van der Waals surface area contributed by atoms with Gasteiger partial charge < -0.3 is 49.6 Å². The van der Waals surface area contributed by atoms with Gasteiger partial charge in [0.25, 0.3) is 0 Å². The SMILES string of the molecule is CCCCCCCC[n+]1ccn(C)c1.[Cl-].[Cl-].[Cl-].[Cl-].[Fe+3]. The van der Waals surface area contributed by atoms with Gasteiger partial charge in [-0.25, -0.2) is 9.13 Å². The molecule has 0 spiro atoms. The number of hydrogen-bond donors (Lipinski definition) is 0. The second-order valence-electron chi connectivity index (χ2n) is 4.08. The van der Waals surface area contributed by atoms with Gasteiger partial charge in [0.05, 0.1) is 13.6 Å². The van der Waals surface area contributed by atoms with Crippen LogP contribution in [-0.2, 0) is 30.7 Å². The van der Waals surface area contributed by atoms with Crippen molar-refractivity contribution in [1.82, 2.24) is 4.57 Å². The second-order valence-corrected chi connectivity index (χ2v) is 4.08. The van der Waals surface area contributed by atoms with Crippen molar-refractivity contribution in [3.05, 3.63) is 18.7 Å². The van der Waals surface area contributed by atoms with Gasteiger partial charge in [0.1, 0.15) is 12.4 Å². The Morgan fingerprint density at radius 1 is 0.895 bits per heavy atom. The molecule has 19 heavy (non-hydrogen) atoms. The van der Waals surface area contributed by atoms with E-state index < -0.39 is 0 Å². The average molecular weight is 393 g/mol. The molecule has 1 aromatic heterocycles. The number of rotatable bonds is 7. The molecule has 1 aromatic rings. The zero-order valence-corrected chi connectivity index (χ0v) is 15.6. The van der Waals surface area contributed by atoms with Gasteiger partial charge in [-0.1, -0.05) is 32.6 Å². The molecule has 0 amide bonds. The summed E-state index contributed by atoms with van der Waals surface area (Å²) in [6, 6.07) is 0. The minimum atomic E-state index is 0. The van der Waals surface area contributed by atoms with Gasteiger partial charge in [0, 0.05) is 0 Å². The Morgan fingerprint density at radius 2 is 1.42 bits per heavy atom. The number of aromatic nitrogens is 2. The smallest absolute Gasteiger partial charge is 1.00 e. The molecule has 0 atom stereocenters. The molecule has 0 unspecified atom stereocenters. The summed E-state index contributed by atoms with van der Waals surface area (Å²) in [5, 5.41) is 0. The quantitative estimate of drug-likeness (QED) is 0.247. The Kier molecular flexibility index (Phi) is 35.7. The van der Waals surface area contributed by atoms with Crippen LogP contribution in [0.25, 0.3) is 0 Å². The molecule has 1 rings (SSSR count). The van der Waals surface area contributed by atoms with E-state index in [2.05, 4.69) is 41.8 Å². The zero-order valence-electron chi connectivity index (χ0n) is 11.4. The van der Waals surface area contributed by atoms with Gasteiger partial charge in [0.2, 0.25) is 6.33 Å². The first-order valence-corrected chi connectivity index (χ1v) is 5.84. The first kappa shape index (κ1) is 32.0. The van der Waals surface area contributed by atoms with Crippen molar-refractivity contribution in [2.75, 3.05) is 0 Å². The van der Waals surface area contributed by atoms with Crippen molar-refractivity contribution in [1.29, 1.82) is 0 Å². The number of halogens is 4. The molecule has 7 heteroatoms. The van der Waals surface area contributed by atoms with E-state index >= 15 is 0 Å². The molecular weight excluding hydrogens is 370 g/mol. The van der Waals surface area contributed by atoms with Gasteiger partial charge in [0.15, 0.2) is 0 Å². The maximum atomic E-state index is 2.26. The van der Waals surface area contributed by atoms with Crippen LogP contribution >= 0.6 is 0 Å². The molecule has 0 fully saturated rings. The van der Waals surface area contributed by atoms with E-state index in [1.165, 1.54) is 45.1 Å². The third-order valence-corrected chi connectivity index (χ3v) is 2.59. The third-order valence-electron chi connectivity index (χ3n) is 2.59. The fourth-order valence-electron chi connectivity index (χ4n) is 1.71. The molecule has 2 nitrogen and oxygen atoms in total. The molecule has 0 saturated heterocycles. The Hall–Kier alpha value is 0.889. The standard InChI is InChI=1S/C12H23N2.4ClH.Fe/c1-3-4-5-6-7-8-9-14-11-10-13(2)12-14;;;;;/h10-12H,3-9H2,1-2H3;4*1H;/q+1;;;;;+3/p-4. The van der Waals surface area contributed by atoms with Crippen molar-refractivity contribution in [3.8, 4) is 0 Å². The van der Waals surface area contributed by atoms with Gasteiger partial charge in [-0.05, 0) is 12.8 Å². The molecule has 0 aliphatic rings. The van der Waals surface area contributed by atoms with Crippen LogP contribution in [0.5, 0.6) is 0 Å². The van der Waals surface area contributed by atoms with Crippen molar-refractivity contribution >= 4 is 0 Å². The molecule has 0 aliphatic carbocycles. The van der Waals surface area contributed by atoms with Crippen molar-refractivity contribution < 1.29 is 71.3 Å². The van der Waals surface area contributed by atoms with Crippen molar-refractivity contribution in [3.63, 3.8) is 0 Å². The van der Waals surface area contributed by atoms with Gasteiger partial charge in [-0.3, -0.25) is 0 Å². The van der Waals surface area contributed by atoms with E-state index in [1.54, 1.807) is 0 Å². The normalized spacial score (nSPS) is 7.89. The monoisotopic (exact) mass is 391 g/mol. The van der Waals surface area contributed by atoms with Crippen LogP contribution in [0.3, 0.4) is 0 Å². The van der Waals surface area contributed by atoms with Gasteiger partial charge >= 0.3 is 17.1 Å². The fraction of sp³-hybridized carbons (Fsp3) is 0.750. The van der Waals surface area contributed by atoms with Crippen LogP contribution in [0.1, 0.15) is 45.4 Å². The maximum absolute atomic E-state index is 2.26. The molecule has 0 N–H and O–H groups in total. The van der Waals surface area contributed by atoms with Crippen LogP contribution in [0.2, 0.25) is 0 Å². The molecule has 117 valence electrons. The number of aryl methyl sites for hydroxylation is 2. The van der Waals surface area contributed by atoms with Crippen LogP contribution in [0.15, 0.2) is 18.7 Å². The van der Waals surface area contributed by atoms with Crippen LogP contribution in [0.4, 0.5) is 0 Å². The molecule has 1 radical (unpaired) electrons. The van der Waals surface area contributed by atoms with E-state index in [9.17, 15) is 0 Å². The Bertz CT molecular complexity index is 260. The van der Waals surface area contributed by atoms with Crippen molar-refractivity contribution in [2.45, 2.75) is 52.0 Å². The topological polar surface area (TPSA) is 8.81 Å².